The van der Waals surface area contributed by atoms with Crippen LogP contribution in [-0.4, -0.2) is 36.6 Å². The van der Waals surface area contributed by atoms with Crippen LogP contribution in [0.1, 0.15) is 46.0 Å². The van der Waals surface area contributed by atoms with Gasteiger partial charge in [-0.15, -0.1) is 0 Å². The first-order valence-corrected chi connectivity index (χ1v) is 6.75. The number of hydrogen-bond acceptors (Lipinski definition) is 2. The van der Waals surface area contributed by atoms with Gasteiger partial charge in [0.15, 0.2) is 0 Å². The maximum absolute atomic E-state index is 3.47. The molecule has 0 aromatic carbocycles. The summed E-state index contributed by atoms with van der Waals surface area (Å²) in [5.41, 5.74) is 0. The Morgan fingerprint density at radius 1 is 1.13 bits per heavy atom. The fourth-order valence-electron chi connectivity index (χ4n) is 3.32. The number of nitrogens with one attached hydrogen (secondary N) is 1. The molecule has 2 fully saturated rings. The maximum Gasteiger partial charge on any atom is 0.00989 e. The van der Waals surface area contributed by atoms with E-state index < -0.39 is 0 Å². The van der Waals surface area contributed by atoms with E-state index in [4.69, 9.17) is 0 Å². The average Bonchev–Trinajstić information content (AvgIpc) is 2.30. The lowest BCUT2D eigenvalue weighted by atomic mass is 9.88. The van der Waals surface area contributed by atoms with E-state index in [1.807, 2.05) is 0 Å². The molecule has 0 aliphatic carbocycles. The molecule has 0 saturated carbocycles. The largest absolute Gasteiger partial charge is 0.317 e. The number of rotatable bonds is 2. The zero-order chi connectivity index (χ0) is 10.7. The van der Waals surface area contributed by atoms with E-state index in [1.165, 1.54) is 51.7 Å². The number of nitrogens with zero attached hydrogens (tertiary/aromatic N) is 1. The fraction of sp³-hybridized carbons (Fsp3) is 1.00. The van der Waals surface area contributed by atoms with Crippen molar-refractivity contribution in [1.29, 1.82) is 0 Å². The van der Waals surface area contributed by atoms with Gasteiger partial charge in [0.05, 0.1) is 0 Å². The van der Waals surface area contributed by atoms with E-state index in [0.717, 1.165) is 18.0 Å². The molecule has 2 unspecified atom stereocenters. The monoisotopic (exact) mass is 210 g/mol. The first-order chi connectivity index (χ1) is 7.29. The second-order valence-electron chi connectivity index (χ2n) is 5.41. The quantitative estimate of drug-likeness (QED) is 0.752. The van der Waals surface area contributed by atoms with Gasteiger partial charge in [-0.25, -0.2) is 0 Å². The highest BCUT2D eigenvalue weighted by Crippen LogP contribution is 2.26. The summed E-state index contributed by atoms with van der Waals surface area (Å²) in [6.07, 6.45) is 7.03. The summed E-state index contributed by atoms with van der Waals surface area (Å²) in [4.78, 5) is 2.76. The minimum absolute atomic E-state index is 0.808. The molecular weight excluding hydrogens is 184 g/mol. The van der Waals surface area contributed by atoms with Crippen molar-refractivity contribution < 1.29 is 0 Å². The van der Waals surface area contributed by atoms with Crippen LogP contribution in [0.5, 0.6) is 0 Å². The van der Waals surface area contributed by atoms with Crippen molar-refractivity contribution >= 4 is 0 Å². The molecule has 0 radical (unpaired) electrons. The first-order valence-electron chi connectivity index (χ1n) is 6.75. The van der Waals surface area contributed by atoms with Crippen molar-refractivity contribution in [2.75, 3.05) is 19.6 Å². The molecule has 2 atom stereocenters. The molecule has 2 rings (SSSR count). The van der Waals surface area contributed by atoms with Gasteiger partial charge in [-0.1, -0.05) is 6.42 Å². The highest BCUT2D eigenvalue weighted by atomic mass is 15.2. The van der Waals surface area contributed by atoms with Gasteiger partial charge in [0, 0.05) is 12.1 Å². The first kappa shape index (κ1) is 11.4. The minimum Gasteiger partial charge on any atom is -0.317 e. The summed E-state index contributed by atoms with van der Waals surface area (Å²) in [7, 11) is 0. The maximum atomic E-state index is 3.47. The minimum atomic E-state index is 0.808. The summed E-state index contributed by atoms with van der Waals surface area (Å²) >= 11 is 0. The second-order valence-corrected chi connectivity index (χ2v) is 5.41. The van der Waals surface area contributed by atoms with Gasteiger partial charge < -0.3 is 5.32 Å². The number of piperidine rings is 2. The van der Waals surface area contributed by atoms with Crippen LogP contribution in [0.2, 0.25) is 0 Å². The highest BCUT2D eigenvalue weighted by Gasteiger charge is 2.29. The lowest BCUT2D eigenvalue weighted by Gasteiger charge is -2.42. The molecule has 1 N–H and O–H groups in total. The molecule has 0 amide bonds. The van der Waals surface area contributed by atoms with Gasteiger partial charge >= 0.3 is 0 Å². The molecule has 0 bridgehead atoms. The van der Waals surface area contributed by atoms with Crippen molar-refractivity contribution in [2.45, 2.75) is 58.0 Å². The normalized spacial score (nSPS) is 32.8. The Bertz CT molecular complexity index is 187. The standard InChI is InChI=1S/C13H26N2/c1-11-5-3-4-10-15(11)12(2)13-6-8-14-9-7-13/h11-14H,3-10H2,1-2H3. The topological polar surface area (TPSA) is 15.3 Å². The van der Waals surface area contributed by atoms with Crippen molar-refractivity contribution in [1.82, 2.24) is 10.2 Å². The van der Waals surface area contributed by atoms with Crippen LogP contribution in [-0.2, 0) is 0 Å². The summed E-state index contributed by atoms with van der Waals surface area (Å²) in [6, 6.07) is 1.63. The molecule has 88 valence electrons. The molecule has 0 aromatic heterocycles. The lowest BCUT2D eigenvalue weighted by molar-refractivity contribution is 0.0688. The summed E-state index contributed by atoms with van der Waals surface area (Å²) in [5, 5.41) is 3.47. The Balaban J connectivity index is 1.89. The van der Waals surface area contributed by atoms with E-state index in [9.17, 15) is 0 Å². The number of hydrogen-bond donors (Lipinski definition) is 1. The molecule has 2 nitrogen and oxygen atoms in total. The third-order valence-electron chi connectivity index (χ3n) is 4.44. The predicted octanol–water partition coefficient (Wildman–Crippen LogP) is 2.25. The Morgan fingerprint density at radius 2 is 1.87 bits per heavy atom. The van der Waals surface area contributed by atoms with Crippen LogP contribution >= 0.6 is 0 Å². The Hall–Kier alpha value is -0.0800. The van der Waals surface area contributed by atoms with Crippen molar-refractivity contribution in [3.8, 4) is 0 Å². The molecule has 2 saturated heterocycles. The van der Waals surface area contributed by atoms with Gasteiger partial charge in [-0.3, -0.25) is 4.90 Å². The van der Waals surface area contributed by atoms with Crippen LogP contribution in [0.15, 0.2) is 0 Å². The molecule has 2 heterocycles. The lowest BCUT2D eigenvalue weighted by Crippen LogP contribution is -2.48. The van der Waals surface area contributed by atoms with Crippen LogP contribution in [0.25, 0.3) is 0 Å². The fourth-order valence-corrected chi connectivity index (χ4v) is 3.32. The van der Waals surface area contributed by atoms with Crippen LogP contribution < -0.4 is 5.32 Å². The predicted molar refractivity (Wildman–Crippen MR) is 65.1 cm³/mol. The summed E-state index contributed by atoms with van der Waals surface area (Å²) < 4.78 is 0. The third-order valence-corrected chi connectivity index (χ3v) is 4.44. The highest BCUT2D eigenvalue weighted by molar-refractivity contribution is 4.84. The average molecular weight is 210 g/mol. The summed E-state index contributed by atoms with van der Waals surface area (Å²) in [5.74, 6) is 0.937. The van der Waals surface area contributed by atoms with Gasteiger partial charge in [-0.2, -0.15) is 0 Å². The smallest absolute Gasteiger partial charge is 0.00989 e. The third kappa shape index (κ3) is 2.73. The van der Waals surface area contributed by atoms with Crippen LogP contribution in [0.3, 0.4) is 0 Å². The Labute approximate surface area is 94.4 Å². The molecule has 0 spiro atoms. The van der Waals surface area contributed by atoms with Gasteiger partial charge in [0.2, 0.25) is 0 Å². The van der Waals surface area contributed by atoms with Gasteiger partial charge in [-0.05, 0) is 65.1 Å². The van der Waals surface area contributed by atoms with Crippen molar-refractivity contribution in [3.05, 3.63) is 0 Å². The number of likely N-dealkylation sites (tertiary alicyclic amines) is 1. The van der Waals surface area contributed by atoms with Crippen LogP contribution in [0.4, 0.5) is 0 Å². The van der Waals surface area contributed by atoms with E-state index in [1.54, 1.807) is 0 Å². The molecule has 0 aromatic rings. The van der Waals surface area contributed by atoms with E-state index >= 15 is 0 Å². The molecule has 2 heteroatoms. The second kappa shape index (κ2) is 5.31. The SMILES string of the molecule is CC1CCCCN1C(C)C1CCNCC1. The van der Waals surface area contributed by atoms with Crippen molar-refractivity contribution in [3.63, 3.8) is 0 Å². The zero-order valence-corrected chi connectivity index (χ0v) is 10.3. The van der Waals surface area contributed by atoms with Crippen molar-refractivity contribution in [2.24, 2.45) is 5.92 Å². The van der Waals surface area contributed by atoms with E-state index in [0.29, 0.717) is 0 Å². The zero-order valence-electron chi connectivity index (χ0n) is 10.3. The van der Waals surface area contributed by atoms with E-state index in [-0.39, 0.29) is 0 Å². The molecule has 2 aliphatic heterocycles. The molecule has 15 heavy (non-hydrogen) atoms. The molecular formula is C13H26N2. The van der Waals surface area contributed by atoms with E-state index in [2.05, 4.69) is 24.1 Å². The molecule has 2 aliphatic rings. The van der Waals surface area contributed by atoms with Gasteiger partial charge in [0.25, 0.3) is 0 Å². The summed E-state index contributed by atoms with van der Waals surface area (Å²) in [6.45, 7) is 8.68. The Kier molecular flexibility index (Phi) is 4.04. The van der Waals surface area contributed by atoms with Crippen LogP contribution in [0, 0.1) is 5.92 Å². The Morgan fingerprint density at radius 3 is 2.53 bits per heavy atom. The van der Waals surface area contributed by atoms with Gasteiger partial charge in [0.1, 0.15) is 0 Å².